The fourth-order valence-electron chi connectivity index (χ4n) is 3.85. The number of carbonyl (C=O) groups is 1. The summed E-state index contributed by atoms with van der Waals surface area (Å²) in [6.45, 7) is 3.31. The van der Waals surface area contributed by atoms with Crippen LogP contribution in [0.3, 0.4) is 0 Å². The number of hydrogen-bond donors (Lipinski definition) is 0. The molecular weight excluding hydrogens is 553 g/mol. The lowest BCUT2D eigenvalue weighted by molar-refractivity contribution is -0.154. The molecule has 0 aliphatic rings. The summed E-state index contributed by atoms with van der Waals surface area (Å²) in [5.74, 6) is -2.67. The molecule has 0 amide bonds. The molecule has 0 aliphatic carbocycles. The molecule has 0 bridgehead atoms. The van der Waals surface area contributed by atoms with Gasteiger partial charge < -0.3 is 23.4 Å². The largest absolute Gasteiger partial charge is 0.493 e. The van der Waals surface area contributed by atoms with E-state index in [0.29, 0.717) is 33.2 Å². The van der Waals surface area contributed by atoms with E-state index in [4.69, 9.17) is 35.0 Å². The highest BCUT2D eigenvalue weighted by atomic mass is 35.5. The van der Waals surface area contributed by atoms with Gasteiger partial charge in [-0.2, -0.15) is 13.2 Å². The maximum Gasteiger partial charge on any atom is 0.453 e. The number of benzene rings is 3. The maximum absolute atomic E-state index is 13.9. The van der Waals surface area contributed by atoms with Crippen molar-refractivity contribution in [2.24, 2.45) is 0 Å². The molecule has 4 rings (SSSR count). The Balaban J connectivity index is 1.64. The molecule has 3 aromatic carbocycles. The lowest BCUT2D eigenvalue weighted by atomic mass is 10.1. The SMILES string of the molecule is COc1ccc(C=CC(=O)Oc2ccc3c(=O)c(Oc4cc(C)c(Cl)c(C)c4)c(C(F)(F)F)oc3c2)cc1OC. The summed E-state index contributed by atoms with van der Waals surface area (Å²) in [5, 5.41) is 0.223. The highest BCUT2D eigenvalue weighted by Gasteiger charge is 2.40. The molecule has 0 N–H and O–H groups in total. The van der Waals surface area contributed by atoms with Crippen LogP contribution >= 0.6 is 11.6 Å². The minimum absolute atomic E-state index is 0.0108. The minimum atomic E-state index is -5.06. The quantitative estimate of drug-likeness (QED) is 0.128. The minimum Gasteiger partial charge on any atom is -0.493 e. The van der Waals surface area contributed by atoms with Gasteiger partial charge in [-0.25, -0.2) is 4.79 Å². The van der Waals surface area contributed by atoms with Crippen LogP contribution in [-0.2, 0) is 11.0 Å². The van der Waals surface area contributed by atoms with Crippen molar-refractivity contribution in [1.29, 1.82) is 0 Å². The van der Waals surface area contributed by atoms with Gasteiger partial charge in [0.15, 0.2) is 11.5 Å². The van der Waals surface area contributed by atoms with Crippen molar-refractivity contribution in [2.45, 2.75) is 20.0 Å². The summed E-state index contributed by atoms with van der Waals surface area (Å²) in [7, 11) is 2.96. The van der Waals surface area contributed by atoms with Crippen LogP contribution in [0.1, 0.15) is 22.5 Å². The predicted octanol–water partition coefficient (Wildman–Crippen LogP) is 7.51. The molecule has 0 unspecified atom stereocenters. The van der Waals surface area contributed by atoms with Gasteiger partial charge in [-0.15, -0.1) is 0 Å². The number of hydrogen-bond acceptors (Lipinski definition) is 7. The Morgan fingerprint density at radius 1 is 0.925 bits per heavy atom. The van der Waals surface area contributed by atoms with E-state index in [9.17, 15) is 22.8 Å². The molecule has 40 heavy (non-hydrogen) atoms. The number of halogens is 4. The molecule has 11 heteroatoms. The Bertz CT molecular complexity index is 1670. The van der Waals surface area contributed by atoms with Crippen LogP contribution in [0.4, 0.5) is 13.2 Å². The molecule has 1 aromatic heterocycles. The highest BCUT2D eigenvalue weighted by molar-refractivity contribution is 6.32. The maximum atomic E-state index is 13.9. The van der Waals surface area contributed by atoms with E-state index in [1.165, 1.54) is 44.6 Å². The lowest BCUT2D eigenvalue weighted by Crippen LogP contribution is -2.15. The lowest BCUT2D eigenvalue weighted by Gasteiger charge is -2.14. The molecule has 208 valence electrons. The third-order valence-corrected chi connectivity index (χ3v) is 6.34. The monoisotopic (exact) mass is 574 g/mol. The van der Waals surface area contributed by atoms with E-state index in [1.54, 1.807) is 32.0 Å². The molecule has 0 aliphatic heterocycles. The zero-order valence-electron chi connectivity index (χ0n) is 21.6. The first-order valence-electron chi connectivity index (χ1n) is 11.7. The fraction of sp³-hybridized carbons (Fsp3) is 0.172. The number of fused-ring (bicyclic) bond motifs is 1. The van der Waals surface area contributed by atoms with E-state index in [0.717, 1.165) is 12.1 Å². The summed E-state index contributed by atoms with van der Waals surface area (Å²) in [4.78, 5) is 25.4. The number of alkyl halides is 3. The van der Waals surface area contributed by atoms with Crippen molar-refractivity contribution >= 4 is 34.6 Å². The average molecular weight is 575 g/mol. The van der Waals surface area contributed by atoms with Gasteiger partial charge in [0, 0.05) is 17.2 Å². The molecule has 0 saturated heterocycles. The van der Waals surface area contributed by atoms with Crippen LogP contribution in [-0.4, -0.2) is 20.2 Å². The number of ether oxygens (including phenoxy) is 4. The first-order valence-corrected chi connectivity index (χ1v) is 12.0. The first kappa shape index (κ1) is 28.6. The van der Waals surface area contributed by atoms with Crippen LogP contribution in [0, 0.1) is 13.8 Å². The molecule has 4 aromatic rings. The predicted molar refractivity (Wildman–Crippen MR) is 143 cm³/mol. The van der Waals surface area contributed by atoms with Crippen molar-refractivity contribution in [3.8, 4) is 28.7 Å². The number of esters is 1. The summed E-state index contributed by atoms with van der Waals surface area (Å²) in [5.41, 5.74) is 0.226. The molecular formula is C29H22ClF3O7. The van der Waals surface area contributed by atoms with Crippen molar-refractivity contribution in [3.05, 3.63) is 92.3 Å². The number of methoxy groups -OCH3 is 2. The number of rotatable bonds is 7. The fourth-order valence-corrected chi connectivity index (χ4v) is 3.96. The third kappa shape index (κ3) is 6.07. The van der Waals surface area contributed by atoms with Crippen LogP contribution in [0.25, 0.3) is 17.0 Å². The van der Waals surface area contributed by atoms with Gasteiger partial charge in [-0.1, -0.05) is 17.7 Å². The zero-order chi connectivity index (χ0) is 29.2. The van der Waals surface area contributed by atoms with Gasteiger partial charge in [0.25, 0.3) is 5.76 Å². The second-order valence-corrected chi connectivity index (χ2v) is 8.97. The zero-order valence-corrected chi connectivity index (χ0v) is 22.4. The van der Waals surface area contributed by atoms with Crippen molar-refractivity contribution in [1.82, 2.24) is 0 Å². The molecule has 0 spiro atoms. The van der Waals surface area contributed by atoms with E-state index in [1.807, 2.05) is 0 Å². The van der Waals surface area contributed by atoms with Crippen LogP contribution in [0.5, 0.6) is 28.7 Å². The van der Waals surface area contributed by atoms with Crippen LogP contribution < -0.4 is 24.4 Å². The Hall–Kier alpha value is -4.44. The topological polar surface area (TPSA) is 84.2 Å². The average Bonchev–Trinajstić information content (AvgIpc) is 2.91. The van der Waals surface area contributed by atoms with Gasteiger partial charge in [-0.3, -0.25) is 4.79 Å². The standard InChI is InChI=1S/C29H22ClF3O7/c1-15-11-19(12-16(2)25(15)30)39-27-26(35)20-8-7-18(14-22(20)40-28(27)29(31,32)33)38-24(34)10-6-17-5-9-21(36-3)23(13-17)37-4/h5-14H,1-4H3. The third-order valence-electron chi connectivity index (χ3n) is 5.75. The molecule has 0 atom stereocenters. The van der Waals surface area contributed by atoms with Crippen molar-refractivity contribution < 1.29 is 41.3 Å². The highest BCUT2D eigenvalue weighted by Crippen LogP contribution is 2.39. The summed E-state index contributed by atoms with van der Waals surface area (Å²) >= 11 is 6.13. The Labute approximate surface area is 231 Å². The Morgan fingerprint density at radius 3 is 2.23 bits per heavy atom. The summed E-state index contributed by atoms with van der Waals surface area (Å²) in [6, 6.07) is 11.3. The Morgan fingerprint density at radius 2 is 1.60 bits per heavy atom. The van der Waals surface area contributed by atoms with Crippen molar-refractivity contribution in [2.75, 3.05) is 14.2 Å². The van der Waals surface area contributed by atoms with E-state index in [2.05, 4.69) is 0 Å². The van der Waals surface area contributed by atoms with Gasteiger partial charge in [-0.05, 0) is 73.0 Å². The van der Waals surface area contributed by atoms with Gasteiger partial charge >= 0.3 is 12.1 Å². The van der Waals surface area contributed by atoms with Crippen LogP contribution in [0.15, 0.2) is 63.8 Å². The molecule has 7 nitrogen and oxygen atoms in total. The second kappa shape index (κ2) is 11.4. The number of carbonyl (C=O) groups excluding carboxylic acids is 1. The van der Waals surface area contributed by atoms with E-state index < -0.39 is 34.7 Å². The van der Waals surface area contributed by atoms with E-state index in [-0.39, 0.29) is 16.9 Å². The molecule has 0 saturated carbocycles. The molecule has 0 fully saturated rings. The van der Waals surface area contributed by atoms with Crippen LogP contribution in [0.2, 0.25) is 5.02 Å². The first-order chi connectivity index (χ1) is 18.9. The van der Waals surface area contributed by atoms with Gasteiger partial charge in [0.1, 0.15) is 17.1 Å². The summed E-state index contributed by atoms with van der Waals surface area (Å²) in [6.07, 6.45) is -2.49. The number of aryl methyl sites for hydroxylation is 2. The molecule has 0 radical (unpaired) electrons. The van der Waals surface area contributed by atoms with E-state index >= 15 is 0 Å². The summed E-state index contributed by atoms with van der Waals surface area (Å²) < 4.78 is 67.8. The molecule has 1 heterocycles. The normalized spacial score (nSPS) is 11.6. The van der Waals surface area contributed by atoms with Gasteiger partial charge in [0.05, 0.1) is 19.6 Å². The van der Waals surface area contributed by atoms with Gasteiger partial charge in [0.2, 0.25) is 11.2 Å². The smallest absolute Gasteiger partial charge is 0.453 e. The Kier molecular flexibility index (Phi) is 8.11. The second-order valence-electron chi connectivity index (χ2n) is 8.59. The van der Waals surface area contributed by atoms with Crippen molar-refractivity contribution in [3.63, 3.8) is 0 Å².